The van der Waals surface area contributed by atoms with Crippen LogP contribution in [0.25, 0.3) is 10.9 Å². The zero-order chi connectivity index (χ0) is 25.1. The largest absolute Gasteiger partial charge is 0.497 e. The lowest BCUT2D eigenvalue weighted by Gasteiger charge is -2.37. The van der Waals surface area contributed by atoms with Gasteiger partial charge in [0.2, 0.25) is 0 Å². The number of hydrogen-bond donors (Lipinski definition) is 2. The lowest BCUT2D eigenvalue weighted by molar-refractivity contribution is 0.0861. The van der Waals surface area contributed by atoms with Gasteiger partial charge >= 0.3 is 6.09 Å². The van der Waals surface area contributed by atoms with Gasteiger partial charge in [-0.1, -0.05) is 0 Å². The Bertz CT molecular complexity index is 1300. The number of ether oxygens (including phenoxy) is 3. The summed E-state index contributed by atoms with van der Waals surface area (Å²) in [4.78, 5) is 35.7. The SMILES string of the molecule is COc1ccc2cc(CCN3CCC(N(Cc4cc5c(cn4)OCCO5)C(=O)O)CC3)c(=O)[nH]c2c1. The second-order valence-corrected chi connectivity index (χ2v) is 9.13. The van der Waals surface area contributed by atoms with Crippen LogP contribution in [0.1, 0.15) is 24.1 Å². The summed E-state index contributed by atoms with van der Waals surface area (Å²) in [7, 11) is 1.60. The van der Waals surface area contributed by atoms with Gasteiger partial charge in [0.05, 0.1) is 31.1 Å². The number of piperidine rings is 1. The van der Waals surface area contributed by atoms with E-state index in [0.717, 1.165) is 48.9 Å². The molecule has 0 unspecified atom stereocenters. The number of aromatic nitrogens is 2. The molecule has 1 amide bonds. The average molecular weight is 495 g/mol. The van der Waals surface area contributed by atoms with Crippen LogP contribution in [0, 0.1) is 0 Å². The molecule has 3 aromatic rings. The number of H-pyrrole nitrogens is 1. The number of amides is 1. The molecule has 0 aliphatic carbocycles. The van der Waals surface area contributed by atoms with Gasteiger partial charge in [0.25, 0.3) is 5.56 Å². The zero-order valence-corrected chi connectivity index (χ0v) is 20.2. The molecule has 1 saturated heterocycles. The summed E-state index contributed by atoms with van der Waals surface area (Å²) in [5, 5.41) is 10.8. The van der Waals surface area contributed by atoms with Crippen LogP contribution in [0.5, 0.6) is 17.2 Å². The fraction of sp³-hybridized carbons (Fsp3) is 0.423. The van der Waals surface area contributed by atoms with Crippen molar-refractivity contribution in [1.29, 1.82) is 0 Å². The quantitative estimate of drug-likeness (QED) is 0.515. The maximum absolute atomic E-state index is 12.6. The molecule has 2 aliphatic rings. The predicted molar refractivity (Wildman–Crippen MR) is 133 cm³/mol. The van der Waals surface area contributed by atoms with Crippen molar-refractivity contribution in [2.75, 3.05) is 40.0 Å². The smallest absolute Gasteiger partial charge is 0.407 e. The Balaban J connectivity index is 1.17. The fourth-order valence-electron chi connectivity index (χ4n) is 4.87. The van der Waals surface area contributed by atoms with Gasteiger partial charge in [-0.15, -0.1) is 0 Å². The van der Waals surface area contributed by atoms with Crippen LogP contribution >= 0.6 is 0 Å². The van der Waals surface area contributed by atoms with Crippen LogP contribution in [0.4, 0.5) is 4.79 Å². The molecule has 2 N–H and O–H groups in total. The van der Waals surface area contributed by atoms with Gasteiger partial charge in [-0.05, 0) is 42.8 Å². The van der Waals surface area contributed by atoms with Crippen molar-refractivity contribution >= 4 is 17.0 Å². The van der Waals surface area contributed by atoms with Crippen LogP contribution in [0.15, 0.2) is 41.3 Å². The lowest BCUT2D eigenvalue weighted by atomic mass is 10.0. The first-order valence-electron chi connectivity index (χ1n) is 12.2. The van der Waals surface area contributed by atoms with Gasteiger partial charge < -0.3 is 29.2 Å². The molecule has 10 heteroatoms. The number of aromatic amines is 1. The minimum absolute atomic E-state index is 0.0883. The number of fused-ring (bicyclic) bond motifs is 2. The zero-order valence-electron chi connectivity index (χ0n) is 20.2. The molecule has 1 fully saturated rings. The molecule has 190 valence electrons. The number of carboxylic acid groups (broad SMARTS) is 1. The summed E-state index contributed by atoms with van der Waals surface area (Å²) in [6, 6.07) is 9.25. The van der Waals surface area contributed by atoms with Crippen molar-refractivity contribution in [2.24, 2.45) is 0 Å². The summed E-state index contributed by atoms with van der Waals surface area (Å²) in [6.45, 7) is 3.44. The monoisotopic (exact) mass is 494 g/mol. The number of hydrogen-bond acceptors (Lipinski definition) is 7. The maximum atomic E-state index is 12.6. The van der Waals surface area contributed by atoms with Gasteiger partial charge in [-0.3, -0.25) is 14.7 Å². The number of nitrogens with zero attached hydrogens (tertiary/aromatic N) is 3. The third-order valence-electron chi connectivity index (χ3n) is 6.89. The second-order valence-electron chi connectivity index (χ2n) is 9.13. The van der Waals surface area contributed by atoms with Crippen LogP contribution in [0.3, 0.4) is 0 Å². The highest BCUT2D eigenvalue weighted by Gasteiger charge is 2.28. The Morgan fingerprint density at radius 2 is 1.97 bits per heavy atom. The Morgan fingerprint density at radius 3 is 2.72 bits per heavy atom. The summed E-state index contributed by atoms with van der Waals surface area (Å²) in [6.07, 6.45) is 2.72. The van der Waals surface area contributed by atoms with Crippen molar-refractivity contribution in [2.45, 2.75) is 31.8 Å². The van der Waals surface area contributed by atoms with E-state index in [0.29, 0.717) is 42.6 Å². The molecule has 0 atom stereocenters. The molecule has 36 heavy (non-hydrogen) atoms. The van der Waals surface area contributed by atoms with E-state index in [9.17, 15) is 14.7 Å². The molecule has 1 aromatic carbocycles. The van der Waals surface area contributed by atoms with Crippen LogP contribution in [-0.2, 0) is 13.0 Å². The van der Waals surface area contributed by atoms with E-state index >= 15 is 0 Å². The summed E-state index contributed by atoms with van der Waals surface area (Å²) >= 11 is 0. The molecule has 5 rings (SSSR count). The van der Waals surface area contributed by atoms with Gasteiger partial charge in [0, 0.05) is 43.4 Å². The van der Waals surface area contributed by atoms with Crippen LogP contribution < -0.4 is 19.8 Å². The predicted octanol–water partition coefficient (Wildman–Crippen LogP) is 2.89. The standard InChI is InChI=1S/C26H30N4O6/c1-34-21-3-2-17-12-18(25(31)28-22(17)14-21)4-7-29-8-5-20(6-9-29)30(26(32)33)16-19-13-23-24(15-27-19)36-11-10-35-23/h2-3,12-15,20H,4-11,16H2,1H3,(H,28,31)(H,32,33). The van der Waals surface area contributed by atoms with Gasteiger partial charge in [-0.2, -0.15) is 0 Å². The Kier molecular flexibility index (Phi) is 6.95. The minimum atomic E-state index is -0.954. The minimum Gasteiger partial charge on any atom is -0.497 e. The summed E-state index contributed by atoms with van der Waals surface area (Å²) < 4.78 is 16.3. The van der Waals surface area contributed by atoms with Crippen molar-refractivity contribution in [3.05, 3.63) is 58.1 Å². The molecule has 0 spiro atoms. The number of carbonyl (C=O) groups is 1. The van der Waals surface area contributed by atoms with Crippen molar-refractivity contribution < 1.29 is 24.1 Å². The Hall–Kier alpha value is -3.79. The molecule has 2 aliphatic heterocycles. The Morgan fingerprint density at radius 1 is 1.19 bits per heavy atom. The number of rotatable bonds is 7. The second kappa shape index (κ2) is 10.4. The van der Waals surface area contributed by atoms with E-state index in [2.05, 4.69) is 14.9 Å². The molecular weight excluding hydrogens is 464 g/mol. The van der Waals surface area contributed by atoms with Gasteiger partial charge in [-0.25, -0.2) is 4.79 Å². The van der Waals surface area contributed by atoms with E-state index in [4.69, 9.17) is 14.2 Å². The topological polar surface area (TPSA) is 117 Å². The van der Waals surface area contributed by atoms with Crippen molar-refractivity contribution in [1.82, 2.24) is 19.8 Å². The Labute approximate surface area is 208 Å². The average Bonchev–Trinajstić information content (AvgIpc) is 2.90. The van der Waals surface area contributed by atoms with E-state index in [-0.39, 0.29) is 18.1 Å². The molecule has 0 radical (unpaired) electrons. The molecule has 2 aromatic heterocycles. The van der Waals surface area contributed by atoms with Gasteiger partial charge in [0.15, 0.2) is 11.5 Å². The number of likely N-dealkylation sites (tertiary alicyclic amines) is 1. The summed E-state index contributed by atoms with van der Waals surface area (Å²) in [5.74, 6) is 1.90. The van der Waals surface area contributed by atoms with Crippen LogP contribution in [0.2, 0.25) is 0 Å². The molecular formula is C26H30N4O6. The fourth-order valence-corrected chi connectivity index (χ4v) is 4.87. The number of nitrogens with one attached hydrogen (secondary N) is 1. The van der Waals surface area contributed by atoms with E-state index in [1.807, 2.05) is 24.3 Å². The molecule has 4 heterocycles. The molecule has 10 nitrogen and oxygen atoms in total. The summed E-state index contributed by atoms with van der Waals surface area (Å²) in [5.41, 5.74) is 2.05. The first-order chi connectivity index (χ1) is 17.5. The first-order valence-corrected chi connectivity index (χ1v) is 12.2. The first kappa shape index (κ1) is 23.9. The third-order valence-corrected chi connectivity index (χ3v) is 6.89. The number of methoxy groups -OCH3 is 1. The van der Waals surface area contributed by atoms with Crippen molar-refractivity contribution in [3.63, 3.8) is 0 Å². The number of pyridine rings is 2. The third kappa shape index (κ3) is 5.23. The highest BCUT2D eigenvalue weighted by Crippen LogP contribution is 2.30. The van der Waals surface area contributed by atoms with E-state index in [1.165, 1.54) is 4.90 Å². The van der Waals surface area contributed by atoms with Gasteiger partial charge in [0.1, 0.15) is 19.0 Å². The molecule has 0 bridgehead atoms. The lowest BCUT2D eigenvalue weighted by Crippen LogP contribution is -2.47. The van der Waals surface area contributed by atoms with Crippen molar-refractivity contribution in [3.8, 4) is 17.2 Å². The highest BCUT2D eigenvalue weighted by atomic mass is 16.6. The molecule has 0 saturated carbocycles. The highest BCUT2D eigenvalue weighted by molar-refractivity contribution is 5.80. The van der Waals surface area contributed by atoms with E-state index in [1.54, 1.807) is 19.4 Å². The number of benzene rings is 1. The normalized spacial score (nSPS) is 16.1. The maximum Gasteiger partial charge on any atom is 0.407 e. The van der Waals surface area contributed by atoms with E-state index < -0.39 is 6.09 Å². The van der Waals surface area contributed by atoms with Crippen LogP contribution in [-0.4, -0.2) is 77.0 Å².